The van der Waals surface area contributed by atoms with E-state index in [4.69, 9.17) is 9.47 Å². The van der Waals surface area contributed by atoms with Crippen LogP contribution in [0.5, 0.6) is 5.75 Å². The number of esters is 1. The molecule has 0 fully saturated rings. The highest BCUT2D eigenvalue weighted by molar-refractivity contribution is 7.97. The van der Waals surface area contributed by atoms with Crippen molar-refractivity contribution in [3.63, 3.8) is 0 Å². The second-order valence-corrected chi connectivity index (χ2v) is 10.6. The first-order chi connectivity index (χ1) is 18.2. The number of carbonyl (C=O) groups excluding carboxylic acids is 1. The number of carbonyl (C=O) groups is 1. The van der Waals surface area contributed by atoms with Crippen LogP contribution >= 0.6 is 0 Å². The van der Waals surface area contributed by atoms with Gasteiger partial charge in [0.2, 0.25) is 0 Å². The number of rotatable bonds is 9. The van der Waals surface area contributed by atoms with Crippen LogP contribution in [0.1, 0.15) is 18.1 Å². The monoisotopic (exact) mass is 535 g/mol. The summed E-state index contributed by atoms with van der Waals surface area (Å²) in [6.07, 6.45) is -3.08. The van der Waals surface area contributed by atoms with Crippen molar-refractivity contribution < 1.29 is 27.4 Å². The standard InChI is InChI=1S/C31H26F3O3S/c1-3-30(2,23-14-16-24(17-15-23)31(32,33)34)37-29(35)22-36-25-18-20-28(21-19-25)38(26-10-6-4-7-11-26)27-12-8-5-9-13-27/h3-21H,1,22H2,2H3/q+1. The van der Waals surface area contributed by atoms with Crippen molar-refractivity contribution in [2.45, 2.75) is 33.4 Å². The van der Waals surface area contributed by atoms with E-state index >= 15 is 0 Å². The first kappa shape index (κ1) is 27.1. The van der Waals surface area contributed by atoms with Gasteiger partial charge in [0.25, 0.3) is 0 Å². The third kappa shape index (κ3) is 6.47. The minimum Gasteiger partial charge on any atom is -0.482 e. The third-order valence-corrected chi connectivity index (χ3v) is 8.11. The van der Waals surface area contributed by atoms with E-state index in [0.29, 0.717) is 11.3 Å². The molecule has 0 heterocycles. The Balaban J connectivity index is 1.43. The second-order valence-electron chi connectivity index (χ2n) is 8.55. The lowest BCUT2D eigenvalue weighted by molar-refractivity contribution is -0.157. The first-order valence-corrected chi connectivity index (χ1v) is 13.0. The Morgan fingerprint density at radius 1 is 0.763 bits per heavy atom. The van der Waals surface area contributed by atoms with Crippen molar-refractivity contribution in [3.05, 3.63) is 133 Å². The molecule has 3 nitrogen and oxygen atoms in total. The van der Waals surface area contributed by atoms with Gasteiger partial charge < -0.3 is 9.47 Å². The molecule has 7 heteroatoms. The van der Waals surface area contributed by atoms with E-state index in [1.807, 2.05) is 48.5 Å². The highest BCUT2D eigenvalue weighted by atomic mass is 32.2. The van der Waals surface area contributed by atoms with Crippen LogP contribution in [0.2, 0.25) is 0 Å². The number of benzene rings is 4. The number of hydrogen-bond donors (Lipinski definition) is 0. The largest absolute Gasteiger partial charge is 0.482 e. The van der Waals surface area contributed by atoms with Gasteiger partial charge in [0.15, 0.2) is 26.9 Å². The minimum atomic E-state index is -4.45. The maximum atomic E-state index is 12.9. The number of alkyl halides is 3. The molecule has 0 N–H and O–H groups in total. The molecule has 1 atom stereocenters. The molecule has 4 aromatic rings. The summed E-state index contributed by atoms with van der Waals surface area (Å²) in [5, 5.41) is 0. The van der Waals surface area contributed by atoms with Crippen molar-refractivity contribution in [2.24, 2.45) is 0 Å². The zero-order chi connectivity index (χ0) is 27.2. The molecular formula is C31H26F3O3S+. The minimum absolute atomic E-state index is 0.308. The highest BCUT2D eigenvalue weighted by Crippen LogP contribution is 2.34. The zero-order valence-electron chi connectivity index (χ0n) is 20.7. The van der Waals surface area contributed by atoms with Crippen molar-refractivity contribution in [1.82, 2.24) is 0 Å². The van der Waals surface area contributed by atoms with Crippen LogP contribution in [0.25, 0.3) is 0 Å². The molecule has 0 aliphatic carbocycles. The summed E-state index contributed by atoms with van der Waals surface area (Å²) in [5.41, 5.74) is -1.73. The molecule has 0 amide bonds. The SMILES string of the molecule is C=CC(C)(OC(=O)COc1ccc([S+](c2ccccc2)c2ccccc2)cc1)c1ccc(C(F)(F)F)cc1. The molecule has 0 saturated heterocycles. The molecule has 0 radical (unpaired) electrons. The van der Waals surface area contributed by atoms with Gasteiger partial charge in [-0.3, -0.25) is 0 Å². The molecule has 1 unspecified atom stereocenters. The molecule has 4 rings (SSSR count). The van der Waals surface area contributed by atoms with E-state index < -0.39 is 23.3 Å². The van der Waals surface area contributed by atoms with Gasteiger partial charge >= 0.3 is 12.1 Å². The summed E-state index contributed by atoms with van der Waals surface area (Å²) in [6, 6.07) is 32.4. The summed E-state index contributed by atoms with van der Waals surface area (Å²) >= 11 is 0. The van der Waals surface area contributed by atoms with Crippen molar-refractivity contribution >= 4 is 16.9 Å². The molecule has 0 saturated carbocycles. The van der Waals surface area contributed by atoms with Gasteiger partial charge in [-0.1, -0.05) is 55.1 Å². The van der Waals surface area contributed by atoms with Crippen LogP contribution in [-0.4, -0.2) is 12.6 Å². The Kier molecular flexibility index (Phi) is 8.27. The fourth-order valence-corrected chi connectivity index (χ4v) is 5.89. The van der Waals surface area contributed by atoms with Crippen molar-refractivity contribution in [1.29, 1.82) is 0 Å². The Labute approximate surface area is 222 Å². The lowest BCUT2D eigenvalue weighted by Gasteiger charge is -2.27. The zero-order valence-corrected chi connectivity index (χ0v) is 21.5. The van der Waals surface area contributed by atoms with Gasteiger partial charge in [-0.05, 0) is 79.2 Å². The number of halogens is 3. The first-order valence-electron chi connectivity index (χ1n) is 11.8. The lowest BCUT2D eigenvalue weighted by atomic mass is 9.95. The second kappa shape index (κ2) is 11.6. The highest BCUT2D eigenvalue weighted by Gasteiger charge is 2.33. The molecule has 0 aromatic heterocycles. The van der Waals surface area contributed by atoms with Crippen LogP contribution in [0.15, 0.2) is 137 Å². The summed E-state index contributed by atoms with van der Waals surface area (Å²) in [4.78, 5) is 16.0. The molecule has 0 bridgehead atoms. The summed E-state index contributed by atoms with van der Waals surface area (Å²) in [7, 11) is -0.308. The maximum Gasteiger partial charge on any atom is 0.416 e. The van der Waals surface area contributed by atoms with Crippen LogP contribution in [0, 0.1) is 0 Å². The van der Waals surface area contributed by atoms with Crippen molar-refractivity contribution in [2.75, 3.05) is 6.61 Å². The van der Waals surface area contributed by atoms with Crippen LogP contribution < -0.4 is 4.74 Å². The molecule has 4 aromatic carbocycles. The molecule has 194 valence electrons. The Hall–Kier alpha value is -3.97. The molecule has 0 aliphatic heterocycles. The normalized spacial score (nSPS) is 13.0. The fourth-order valence-electron chi connectivity index (χ4n) is 3.81. The molecule has 0 aliphatic rings. The lowest BCUT2D eigenvalue weighted by Crippen LogP contribution is -2.29. The van der Waals surface area contributed by atoms with Gasteiger partial charge in [-0.25, -0.2) is 4.79 Å². The average molecular weight is 536 g/mol. The molecule has 38 heavy (non-hydrogen) atoms. The van der Waals surface area contributed by atoms with Crippen LogP contribution in [-0.2, 0) is 32.2 Å². The fraction of sp³-hybridized carbons (Fsp3) is 0.129. The van der Waals surface area contributed by atoms with Gasteiger partial charge in [0, 0.05) is 0 Å². The summed E-state index contributed by atoms with van der Waals surface area (Å²) in [5.74, 6) is -0.185. The van der Waals surface area contributed by atoms with E-state index in [1.165, 1.54) is 28.0 Å². The summed E-state index contributed by atoms with van der Waals surface area (Å²) in [6.45, 7) is 4.88. The average Bonchev–Trinajstić information content (AvgIpc) is 2.93. The van der Waals surface area contributed by atoms with Crippen molar-refractivity contribution in [3.8, 4) is 5.75 Å². The Morgan fingerprint density at radius 3 is 1.71 bits per heavy atom. The van der Waals surface area contributed by atoms with E-state index in [2.05, 4.69) is 30.8 Å². The van der Waals surface area contributed by atoms with E-state index in [0.717, 1.165) is 17.0 Å². The molecule has 0 spiro atoms. The third-order valence-electron chi connectivity index (χ3n) is 5.87. The topological polar surface area (TPSA) is 35.5 Å². The Morgan fingerprint density at radius 2 is 1.24 bits per heavy atom. The van der Waals surface area contributed by atoms with Gasteiger partial charge in [-0.15, -0.1) is 0 Å². The Bertz CT molecular complexity index is 1320. The van der Waals surface area contributed by atoms with E-state index in [9.17, 15) is 18.0 Å². The molecular weight excluding hydrogens is 509 g/mol. The van der Waals surface area contributed by atoms with Gasteiger partial charge in [0.05, 0.1) is 16.5 Å². The predicted octanol–water partition coefficient (Wildman–Crippen LogP) is 7.82. The van der Waals surface area contributed by atoms with E-state index in [1.54, 1.807) is 19.1 Å². The van der Waals surface area contributed by atoms with Gasteiger partial charge in [-0.2, -0.15) is 13.2 Å². The van der Waals surface area contributed by atoms with E-state index in [-0.39, 0.29) is 17.5 Å². The smallest absolute Gasteiger partial charge is 0.416 e. The van der Waals surface area contributed by atoms with Gasteiger partial charge in [0.1, 0.15) is 5.75 Å². The maximum absolute atomic E-state index is 12.9. The number of hydrogen-bond acceptors (Lipinski definition) is 3. The quantitative estimate of drug-likeness (QED) is 0.125. The number of ether oxygens (including phenoxy) is 2. The predicted molar refractivity (Wildman–Crippen MR) is 142 cm³/mol. The summed E-state index contributed by atoms with van der Waals surface area (Å²) < 4.78 is 49.9. The van der Waals surface area contributed by atoms with Crippen LogP contribution in [0.3, 0.4) is 0 Å². The van der Waals surface area contributed by atoms with Crippen LogP contribution in [0.4, 0.5) is 13.2 Å².